The zero-order valence-electron chi connectivity index (χ0n) is 10.3. The number of rotatable bonds is 1. The summed E-state index contributed by atoms with van der Waals surface area (Å²) in [6.07, 6.45) is 0. The smallest absolute Gasteiger partial charge is 0.133 e. The number of benzene rings is 1. The molecule has 0 aliphatic heterocycles. The predicted molar refractivity (Wildman–Crippen MR) is 72.8 cm³/mol. The molecular weight excluding hydrogens is 233 g/mol. The van der Waals surface area contributed by atoms with Crippen molar-refractivity contribution in [2.75, 3.05) is 5.73 Å². The maximum Gasteiger partial charge on any atom is 0.133 e. The number of hydrogen-bond acceptors (Lipinski definition) is 2. The van der Waals surface area contributed by atoms with Crippen molar-refractivity contribution in [3.63, 3.8) is 0 Å². The minimum absolute atomic E-state index is 0.104. The highest BCUT2D eigenvalue weighted by Crippen LogP contribution is 2.36. The fourth-order valence-electron chi connectivity index (χ4n) is 1.62. The SMILES string of the molecule is CC(C)(C)c1ccc(-c2ccc(N)cc2F)s1. The molecule has 1 nitrogen and oxygen atoms in total. The van der Waals surface area contributed by atoms with Crippen LogP contribution in [0.15, 0.2) is 30.3 Å². The summed E-state index contributed by atoms with van der Waals surface area (Å²) in [4.78, 5) is 2.20. The maximum atomic E-state index is 13.8. The minimum Gasteiger partial charge on any atom is -0.399 e. The molecule has 0 amide bonds. The van der Waals surface area contributed by atoms with Gasteiger partial charge in [-0.25, -0.2) is 4.39 Å². The molecule has 2 rings (SSSR count). The van der Waals surface area contributed by atoms with E-state index >= 15 is 0 Å². The van der Waals surface area contributed by atoms with Gasteiger partial charge in [0.15, 0.2) is 0 Å². The lowest BCUT2D eigenvalue weighted by atomic mass is 9.95. The van der Waals surface area contributed by atoms with Crippen LogP contribution in [0, 0.1) is 5.82 Å². The lowest BCUT2D eigenvalue weighted by molar-refractivity contribution is 0.604. The van der Waals surface area contributed by atoms with Crippen LogP contribution in [0.25, 0.3) is 10.4 Å². The lowest BCUT2D eigenvalue weighted by Crippen LogP contribution is -2.07. The number of nitrogen functional groups attached to an aromatic ring is 1. The van der Waals surface area contributed by atoms with Crippen LogP contribution in [0.1, 0.15) is 25.6 Å². The first kappa shape index (κ1) is 12.1. The summed E-state index contributed by atoms with van der Waals surface area (Å²) >= 11 is 1.63. The fraction of sp³-hybridized carbons (Fsp3) is 0.286. The summed E-state index contributed by atoms with van der Waals surface area (Å²) in [5, 5.41) is 0. The van der Waals surface area contributed by atoms with Crippen LogP contribution in [-0.2, 0) is 5.41 Å². The van der Waals surface area contributed by atoms with Gasteiger partial charge in [0, 0.05) is 21.0 Å². The van der Waals surface area contributed by atoms with Crippen LogP contribution in [-0.4, -0.2) is 0 Å². The van der Waals surface area contributed by atoms with Gasteiger partial charge in [0.25, 0.3) is 0 Å². The maximum absolute atomic E-state index is 13.8. The van der Waals surface area contributed by atoms with Crippen molar-refractivity contribution in [3.8, 4) is 10.4 Å². The Balaban J connectivity index is 2.44. The van der Waals surface area contributed by atoms with Gasteiger partial charge in [-0.3, -0.25) is 0 Å². The summed E-state index contributed by atoms with van der Waals surface area (Å²) in [5.74, 6) is -0.257. The third-order valence-corrected chi connectivity index (χ3v) is 4.15. The highest BCUT2D eigenvalue weighted by molar-refractivity contribution is 7.15. The lowest BCUT2D eigenvalue weighted by Gasteiger charge is -2.15. The summed E-state index contributed by atoms with van der Waals surface area (Å²) in [7, 11) is 0. The highest BCUT2D eigenvalue weighted by Gasteiger charge is 2.17. The number of anilines is 1. The first-order chi connectivity index (χ1) is 7.88. The zero-order valence-corrected chi connectivity index (χ0v) is 11.1. The molecule has 1 heterocycles. The van der Waals surface area contributed by atoms with Crippen molar-refractivity contribution in [2.24, 2.45) is 0 Å². The molecule has 90 valence electrons. The zero-order chi connectivity index (χ0) is 12.6. The Labute approximate surface area is 105 Å². The van der Waals surface area contributed by atoms with Gasteiger partial charge < -0.3 is 5.73 Å². The van der Waals surface area contributed by atoms with Crippen molar-refractivity contribution in [1.82, 2.24) is 0 Å². The molecule has 0 atom stereocenters. The fourth-order valence-corrected chi connectivity index (χ4v) is 2.71. The Morgan fingerprint density at radius 1 is 1.12 bits per heavy atom. The van der Waals surface area contributed by atoms with Crippen LogP contribution >= 0.6 is 11.3 Å². The second-order valence-corrected chi connectivity index (χ2v) is 6.24. The topological polar surface area (TPSA) is 26.0 Å². The van der Waals surface area contributed by atoms with Gasteiger partial charge in [0.1, 0.15) is 5.82 Å². The van der Waals surface area contributed by atoms with E-state index in [9.17, 15) is 4.39 Å². The summed E-state index contributed by atoms with van der Waals surface area (Å²) in [6, 6.07) is 8.87. The largest absolute Gasteiger partial charge is 0.399 e. The first-order valence-electron chi connectivity index (χ1n) is 5.53. The molecule has 0 radical (unpaired) electrons. The molecule has 2 N–H and O–H groups in total. The molecule has 0 aliphatic rings. The number of halogens is 1. The van der Waals surface area contributed by atoms with Crippen molar-refractivity contribution < 1.29 is 4.39 Å². The Morgan fingerprint density at radius 2 is 1.82 bits per heavy atom. The molecule has 1 aromatic heterocycles. The second-order valence-electron chi connectivity index (χ2n) is 5.15. The van der Waals surface area contributed by atoms with Gasteiger partial charge in [-0.05, 0) is 35.7 Å². The molecule has 0 fully saturated rings. The quantitative estimate of drug-likeness (QED) is 0.743. The summed E-state index contributed by atoms with van der Waals surface area (Å²) in [5.41, 5.74) is 6.73. The molecule has 17 heavy (non-hydrogen) atoms. The first-order valence-corrected chi connectivity index (χ1v) is 6.35. The van der Waals surface area contributed by atoms with Gasteiger partial charge in [-0.15, -0.1) is 11.3 Å². The third-order valence-electron chi connectivity index (χ3n) is 2.60. The monoisotopic (exact) mass is 249 g/mol. The van der Waals surface area contributed by atoms with E-state index in [1.54, 1.807) is 23.5 Å². The molecule has 3 heteroatoms. The molecular formula is C14H16FNS. The van der Waals surface area contributed by atoms with Crippen LogP contribution in [0.3, 0.4) is 0 Å². The molecule has 0 saturated carbocycles. The molecule has 0 bridgehead atoms. The molecule has 0 spiro atoms. The summed E-state index contributed by atoms with van der Waals surface area (Å²) in [6.45, 7) is 6.46. The van der Waals surface area contributed by atoms with Crippen LogP contribution in [0.4, 0.5) is 10.1 Å². The Kier molecular flexibility index (Phi) is 2.96. The number of thiophene rings is 1. The van der Waals surface area contributed by atoms with E-state index in [0.717, 1.165) is 4.88 Å². The molecule has 0 aliphatic carbocycles. The van der Waals surface area contributed by atoms with Gasteiger partial charge in [0.2, 0.25) is 0 Å². The van der Waals surface area contributed by atoms with E-state index in [1.807, 2.05) is 6.07 Å². The third kappa shape index (κ3) is 2.50. The van der Waals surface area contributed by atoms with Crippen molar-refractivity contribution in [3.05, 3.63) is 41.0 Å². The van der Waals surface area contributed by atoms with Crippen molar-refractivity contribution in [1.29, 1.82) is 0 Å². The molecule has 1 aromatic carbocycles. The van der Waals surface area contributed by atoms with E-state index in [0.29, 0.717) is 11.3 Å². The van der Waals surface area contributed by atoms with Gasteiger partial charge >= 0.3 is 0 Å². The van der Waals surface area contributed by atoms with Gasteiger partial charge in [-0.2, -0.15) is 0 Å². The van der Waals surface area contributed by atoms with Crippen LogP contribution in [0.2, 0.25) is 0 Å². The predicted octanol–water partition coefficient (Wildman–Crippen LogP) is 4.43. The van der Waals surface area contributed by atoms with Crippen LogP contribution < -0.4 is 5.73 Å². The van der Waals surface area contributed by atoms with Gasteiger partial charge in [0.05, 0.1) is 0 Å². The molecule has 2 aromatic rings. The summed E-state index contributed by atoms with van der Waals surface area (Å²) < 4.78 is 13.8. The Hall–Kier alpha value is -1.35. The van der Waals surface area contributed by atoms with Crippen LogP contribution in [0.5, 0.6) is 0 Å². The second kappa shape index (κ2) is 4.15. The van der Waals surface area contributed by atoms with E-state index in [-0.39, 0.29) is 11.2 Å². The average molecular weight is 249 g/mol. The average Bonchev–Trinajstić information content (AvgIpc) is 2.65. The van der Waals surface area contributed by atoms with Gasteiger partial charge in [-0.1, -0.05) is 20.8 Å². The Bertz CT molecular complexity index is 537. The van der Waals surface area contributed by atoms with E-state index < -0.39 is 0 Å². The standard InChI is InChI=1S/C14H16FNS/c1-14(2,3)13-7-6-12(17-13)10-5-4-9(16)8-11(10)15/h4-8H,16H2,1-3H3. The van der Waals surface area contributed by atoms with E-state index in [4.69, 9.17) is 5.73 Å². The van der Waals surface area contributed by atoms with E-state index in [2.05, 4.69) is 26.8 Å². The van der Waals surface area contributed by atoms with Crippen molar-refractivity contribution in [2.45, 2.75) is 26.2 Å². The number of nitrogens with two attached hydrogens (primary N) is 1. The molecule has 0 unspecified atom stereocenters. The minimum atomic E-state index is -0.257. The Morgan fingerprint density at radius 3 is 2.35 bits per heavy atom. The normalized spacial score (nSPS) is 11.8. The van der Waals surface area contributed by atoms with E-state index in [1.165, 1.54) is 10.9 Å². The molecule has 0 saturated heterocycles. The van der Waals surface area contributed by atoms with Crippen molar-refractivity contribution >= 4 is 17.0 Å². The highest BCUT2D eigenvalue weighted by atomic mass is 32.1. The number of hydrogen-bond donors (Lipinski definition) is 1.